The number of hydrogen-bond acceptors (Lipinski definition) is 1. The lowest BCUT2D eigenvalue weighted by atomic mass is 10.2. The highest BCUT2D eigenvalue weighted by atomic mass is 35.5. The van der Waals surface area contributed by atoms with Crippen molar-refractivity contribution in [2.45, 2.75) is 6.42 Å². The van der Waals surface area contributed by atoms with E-state index in [9.17, 15) is 0 Å². The zero-order chi connectivity index (χ0) is 5.98. The van der Waals surface area contributed by atoms with Gasteiger partial charge in [0.15, 0.2) is 0 Å². The van der Waals surface area contributed by atoms with Gasteiger partial charge in [0.1, 0.15) is 0 Å². The van der Waals surface area contributed by atoms with Crippen LogP contribution < -0.4 is 0 Å². The van der Waals surface area contributed by atoms with Crippen LogP contribution in [-0.4, -0.2) is 5.71 Å². The van der Waals surface area contributed by atoms with Gasteiger partial charge in [-0.2, -0.15) is 0 Å². The summed E-state index contributed by atoms with van der Waals surface area (Å²) in [6.45, 7) is 0. The lowest BCUT2D eigenvalue weighted by Gasteiger charge is -1.97. The minimum Gasteiger partial charge on any atom is -0.305 e. The first-order valence-corrected chi connectivity index (χ1v) is 2.78. The Morgan fingerprint density at radius 1 is 1.62 bits per heavy atom. The Kier molecular flexibility index (Phi) is 1.49. The highest BCUT2D eigenvalue weighted by Crippen LogP contribution is 2.09. The summed E-state index contributed by atoms with van der Waals surface area (Å²) in [5, 5.41) is 7.76. The van der Waals surface area contributed by atoms with E-state index in [1.54, 1.807) is 12.2 Å². The van der Waals surface area contributed by atoms with Crippen LogP contribution in [0.15, 0.2) is 23.3 Å². The van der Waals surface area contributed by atoms with Crippen LogP contribution in [0.1, 0.15) is 6.42 Å². The van der Waals surface area contributed by atoms with Gasteiger partial charge < -0.3 is 5.41 Å². The van der Waals surface area contributed by atoms with Crippen LogP contribution in [0.5, 0.6) is 0 Å². The first-order chi connectivity index (χ1) is 3.79. The SMILES string of the molecule is N=C1C=C(Cl)C=CC1. The van der Waals surface area contributed by atoms with Crippen molar-refractivity contribution >= 4 is 17.3 Å². The molecule has 0 radical (unpaired) electrons. The molecule has 0 amide bonds. The van der Waals surface area contributed by atoms with Gasteiger partial charge in [-0.15, -0.1) is 0 Å². The van der Waals surface area contributed by atoms with Crippen LogP contribution in [0.25, 0.3) is 0 Å². The van der Waals surface area contributed by atoms with E-state index in [1.807, 2.05) is 6.08 Å². The summed E-state index contributed by atoms with van der Waals surface area (Å²) in [7, 11) is 0. The fourth-order valence-corrected chi connectivity index (χ4v) is 0.793. The van der Waals surface area contributed by atoms with Crippen molar-refractivity contribution in [1.29, 1.82) is 5.41 Å². The highest BCUT2D eigenvalue weighted by Gasteiger charge is 1.95. The quantitative estimate of drug-likeness (QED) is 0.515. The Morgan fingerprint density at radius 2 is 2.38 bits per heavy atom. The molecule has 1 rings (SSSR count). The molecule has 0 aliphatic heterocycles. The first kappa shape index (κ1) is 5.57. The number of rotatable bonds is 0. The molecule has 1 nitrogen and oxygen atoms in total. The molecule has 0 unspecified atom stereocenters. The van der Waals surface area contributed by atoms with Crippen molar-refractivity contribution in [3.05, 3.63) is 23.3 Å². The van der Waals surface area contributed by atoms with E-state index in [1.165, 1.54) is 0 Å². The van der Waals surface area contributed by atoms with Crippen molar-refractivity contribution in [2.75, 3.05) is 0 Å². The third-order valence-corrected chi connectivity index (χ3v) is 1.16. The maximum absolute atomic E-state index is 7.11. The monoisotopic (exact) mass is 127 g/mol. The van der Waals surface area contributed by atoms with Crippen molar-refractivity contribution in [2.24, 2.45) is 0 Å². The smallest absolute Gasteiger partial charge is 0.0420 e. The molecule has 1 aliphatic rings. The largest absolute Gasteiger partial charge is 0.305 e. The standard InChI is InChI=1S/C6H6ClN/c7-5-2-1-3-6(8)4-5/h1-2,4,8H,3H2. The number of halogens is 1. The Balaban J connectivity index is 2.77. The molecule has 0 aromatic rings. The van der Waals surface area contributed by atoms with Crippen LogP contribution >= 0.6 is 11.6 Å². The number of allylic oxidation sites excluding steroid dienone is 4. The van der Waals surface area contributed by atoms with Crippen molar-refractivity contribution in [3.8, 4) is 0 Å². The summed E-state index contributed by atoms with van der Waals surface area (Å²) in [4.78, 5) is 0. The summed E-state index contributed by atoms with van der Waals surface area (Å²) < 4.78 is 0. The summed E-state index contributed by atoms with van der Waals surface area (Å²) >= 11 is 5.54. The van der Waals surface area contributed by atoms with E-state index in [-0.39, 0.29) is 0 Å². The molecular weight excluding hydrogens is 122 g/mol. The fraction of sp³-hybridized carbons (Fsp3) is 0.167. The summed E-state index contributed by atoms with van der Waals surface area (Å²) in [6.07, 6.45) is 6.06. The van der Waals surface area contributed by atoms with E-state index in [4.69, 9.17) is 17.0 Å². The van der Waals surface area contributed by atoms with Gasteiger partial charge in [-0.3, -0.25) is 0 Å². The molecule has 0 spiro atoms. The molecule has 2 heteroatoms. The number of nitrogens with one attached hydrogen (secondary N) is 1. The van der Waals surface area contributed by atoms with Gasteiger partial charge >= 0.3 is 0 Å². The van der Waals surface area contributed by atoms with Gasteiger partial charge in [0.05, 0.1) is 0 Å². The third kappa shape index (κ3) is 1.20. The van der Waals surface area contributed by atoms with E-state index in [0.29, 0.717) is 10.7 Å². The van der Waals surface area contributed by atoms with E-state index >= 15 is 0 Å². The lowest BCUT2D eigenvalue weighted by molar-refractivity contribution is 1.36. The minimum absolute atomic E-state index is 0.581. The Hall–Kier alpha value is -0.560. The second-order valence-electron chi connectivity index (χ2n) is 1.66. The molecule has 0 aromatic carbocycles. The molecule has 0 saturated carbocycles. The predicted molar refractivity (Wildman–Crippen MR) is 35.4 cm³/mol. The molecule has 0 atom stereocenters. The summed E-state index contributed by atoms with van der Waals surface area (Å²) in [5.41, 5.74) is 0.581. The average molecular weight is 128 g/mol. The molecule has 1 aliphatic carbocycles. The lowest BCUT2D eigenvalue weighted by Crippen LogP contribution is -1.92. The molecule has 0 aromatic heterocycles. The Bertz CT molecular complexity index is 167. The van der Waals surface area contributed by atoms with E-state index in [2.05, 4.69) is 0 Å². The minimum atomic E-state index is 0.581. The molecule has 8 heavy (non-hydrogen) atoms. The normalized spacial score (nSPS) is 18.6. The van der Waals surface area contributed by atoms with Crippen LogP contribution in [0, 0.1) is 5.41 Å². The van der Waals surface area contributed by atoms with Gasteiger partial charge in [-0.05, 0) is 12.2 Å². The van der Waals surface area contributed by atoms with Gasteiger partial charge in [0.25, 0.3) is 0 Å². The molecule has 0 bridgehead atoms. The second-order valence-corrected chi connectivity index (χ2v) is 2.10. The van der Waals surface area contributed by atoms with Crippen molar-refractivity contribution in [1.82, 2.24) is 0 Å². The first-order valence-electron chi connectivity index (χ1n) is 2.40. The van der Waals surface area contributed by atoms with Crippen LogP contribution in [0.2, 0.25) is 0 Å². The maximum Gasteiger partial charge on any atom is 0.0420 e. The van der Waals surface area contributed by atoms with Crippen LogP contribution in [-0.2, 0) is 0 Å². The molecule has 1 N–H and O–H groups in total. The van der Waals surface area contributed by atoms with E-state index < -0.39 is 0 Å². The molecule has 42 valence electrons. The number of hydrogen-bond donors (Lipinski definition) is 1. The zero-order valence-corrected chi connectivity index (χ0v) is 5.07. The predicted octanol–water partition coefficient (Wildman–Crippen LogP) is 2.09. The fourth-order valence-electron chi connectivity index (χ4n) is 0.572. The molecule has 0 fully saturated rings. The molecular formula is C6H6ClN. The van der Waals surface area contributed by atoms with Crippen LogP contribution in [0.4, 0.5) is 0 Å². The highest BCUT2D eigenvalue weighted by molar-refractivity contribution is 6.33. The molecule has 0 heterocycles. The second kappa shape index (κ2) is 2.14. The van der Waals surface area contributed by atoms with Crippen molar-refractivity contribution < 1.29 is 0 Å². The van der Waals surface area contributed by atoms with Gasteiger partial charge in [0.2, 0.25) is 0 Å². The Morgan fingerprint density at radius 3 is 2.75 bits per heavy atom. The topological polar surface area (TPSA) is 23.9 Å². The Labute approximate surface area is 53.2 Å². The van der Waals surface area contributed by atoms with Crippen molar-refractivity contribution in [3.63, 3.8) is 0 Å². The summed E-state index contributed by atoms with van der Waals surface area (Å²) in [5.74, 6) is 0. The van der Waals surface area contributed by atoms with Gasteiger partial charge in [-0.25, -0.2) is 0 Å². The summed E-state index contributed by atoms with van der Waals surface area (Å²) in [6, 6.07) is 0. The molecule has 0 saturated heterocycles. The van der Waals surface area contributed by atoms with Gasteiger partial charge in [0, 0.05) is 17.2 Å². The average Bonchev–Trinajstić information content (AvgIpc) is 1.64. The third-order valence-electron chi connectivity index (χ3n) is 0.927. The van der Waals surface area contributed by atoms with Gasteiger partial charge in [-0.1, -0.05) is 17.7 Å². The zero-order valence-electron chi connectivity index (χ0n) is 4.32. The van der Waals surface area contributed by atoms with Crippen LogP contribution in [0.3, 0.4) is 0 Å². The maximum atomic E-state index is 7.11. The van der Waals surface area contributed by atoms with E-state index in [0.717, 1.165) is 6.42 Å².